The average molecular weight is 529 g/mol. The molecule has 202 valence electrons. The second-order valence-electron chi connectivity index (χ2n) is 9.50. The molecule has 1 atom stereocenters. The van der Waals surface area contributed by atoms with Crippen LogP contribution >= 0.6 is 0 Å². The van der Waals surface area contributed by atoms with Gasteiger partial charge in [0, 0.05) is 30.5 Å². The molecule has 0 spiro atoms. The van der Waals surface area contributed by atoms with Crippen LogP contribution in [-0.4, -0.2) is 48.2 Å². The van der Waals surface area contributed by atoms with Gasteiger partial charge in [0.1, 0.15) is 23.0 Å². The summed E-state index contributed by atoms with van der Waals surface area (Å²) in [4.78, 5) is 30.7. The van der Waals surface area contributed by atoms with E-state index in [1.54, 1.807) is 30.3 Å². The molecule has 0 radical (unpaired) electrons. The van der Waals surface area contributed by atoms with E-state index in [-0.39, 0.29) is 22.6 Å². The molecule has 3 aromatic carbocycles. The second kappa shape index (κ2) is 11.1. The van der Waals surface area contributed by atoms with Crippen molar-refractivity contribution in [3.05, 3.63) is 83.4 Å². The molecule has 0 aliphatic carbocycles. The molecule has 2 aliphatic rings. The van der Waals surface area contributed by atoms with Crippen LogP contribution in [0.15, 0.2) is 72.3 Å². The second-order valence-corrected chi connectivity index (χ2v) is 9.50. The highest BCUT2D eigenvalue weighted by Crippen LogP contribution is 2.44. The molecule has 3 aromatic rings. The number of hydrogen-bond donors (Lipinski definition) is 2. The molecule has 8 heteroatoms. The summed E-state index contributed by atoms with van der Waals surface area (Å²) in [6.07, 6.45) is 2.29. The molecule has 1 amide bonds. The number of hydrogen-bond acceptors (Lipinski definition) is 7. The van der Waals surface area contributed by atoms with Crippen LogP contribution in [0.25, 0.3) is 5.76 Å². The lowest BCUT2D eigenvalue weighted by molar-refractivity contribution is -0.132. The molecule has 5 rings (SSSR count). The SMILES string of the molecule is CCOc1ccc(/C(O)=C2/C(=O)C(=O)N(c3ccc(N4CCCC4)cc3)C2c2ccc(O)cc2)c(OCC)c1. The van der Waals surface area contributed by atoms with Gasteiger partial charge in [0.05, 0.1) is 30.4 Å². The molecule has 39 heavy (non-hydrogen) atoms. The number of ether oxygens (including phenoxy) is 2. The zero-order valence-corrected chi connectivity index (χ0v) is 22.1. The van der Waals surface area contributed by atoms with Crippen molar-refractivity contribution in [1.82, 2.24) is 0 Å². The van der Waals surface area contributed by atoms with E-state index in [0.29, 0.717) is 36.0 Å². The number of aromatic hydroxyl groups is 1. The maximum absolute atomic E-state index is 13.5. The Kier molecular flexibility index (Phi) is 7.45. The average Bonchev–Trinajstić information content (AvgIpc) is 3.57. The Morgan fingerprint density at radius 1 is 0.872 bits per heavy atom. The first-order valence-corrected chi connectivity index (χ1v) is 13.3. The third-order valence-corrected chi connectivity index (χ3v) is 7.07. The van der Waals surface area contributed by atoms with Crippen LogP contribution in [0, 0.1) is 0 Å². The summed E-state index contributed by atoms with van der Waals surface area (Å²) in [6.45, 7) is 6.45. The largest absolute Gasteiger partial charge is 0.508 e. The van der Waals surface area contributed by atoms with Gasteiger partial charge in [-0.3, -0.25) is 14.5 Å². The number of aliphatic hydroxyl groups excluding tert-OH is 1. The van der Waals surface area contributed by atoms with Gasteiger partial charge in [-0.15, -0.1) is 0 Å². The topological polar surface area (TPSA) is 99.5 Å². The van der Waals surface area contributed by atoms with Gasteiger partial charge < -0.3 is 24.6 Å². The van der Waals surface area contributed by atoms with Crippen molar-refractivity contribution in [2.75, 3.05) is 36.1 Å². The number of phenolic OH excluding ortho intramolecular Hbond substituents is 1. The molecule has 1 unspecified atom stereocenters. The van der Waals surface area contributed by atoms with E-state index in [9.17, 15) is 19.8 Å². The van der Waals surface area contributed by atoms with E-state index < -0.39 is 17.7 Å². The molecule has 0 bridgehead atoms. The smallest absolute Gasteiger partial charge is 0.300 e. The van der Waals surface area contributed by atoms with Crippen molar-refractivity contribution >= 4 is 28.8 Å². The van der Waals surface area contributed by atoms with Crippen LogP contribution in [0.4, 0.5) is 11.4 Å². The lowest BCUT2D eigenvalue weighted by Crippen LogP contribution is -2.29. The summed E-state index contributed by atoms with van der Waals surface area (Å²) in [5.74, 6) is -0.930. The maximum Gasteiger partial charge on any atom is 0.300 e. The highest BCUT2D eigenvalue weighted by atomic mass is 16.5. The zero-order valence-electron chi connectivity index (χ0n) is 22.1. The van der Waals surface area contributed by atoms with Gasteiger partial charge in [0.2, 0.25) is 0 Å². The first-order chi connectivity index (χ1) is 18.9. The summed E-state index contributed by atoms with van der Waals surface area (Å²) >= 11 is 0. The van der Waals surface area contributed by atoms with Crippen LogP contribution in [0.5, 0.6) is 17.2 Å². The summed E-state index contributed by atoms with van der Waals surface area (Å²) in [6, 6.07) is 17.9. The highest BCUT2D eigenvalue weighted by molar-refractivity contribution is 6.51. The lowest BCUT2D eigenvalue weighted by atomic mass is 9.94. The molecule has 2 fully saturated rings. The van der Waals surface area contributed by atoms with Gasteiger partial charge in [-0.25, -0.2) is 0 Å². The molecule has 8 nitrogen and oxygen atoms in total. The van der Waals surface area contributed by atoms with Gasteiger partial charge in [0.25, 0.3) is 11.7 Å². The quantitative estimate of drug-likeness (QED) is 0.229. The minimum Gasteiger partial charge on any atom is -0.508 e. The summed E-state index contributed by atoms with van der Waals surface area (Å²) in [5.41, 5.74) is 2.39. The fourth-order valence-corrected chi connectivity index (χ4v) is 5.24. The fourth-order valence-electron chi connectivity index (χ4n) is 5.24. The molecule has 0 saturated carbocycles. The van der Waals surface area contributed by atoms with Crippen molar-refractivity contribution in [3.8, 4) is 17.2 Å². The number of amides is 1. The Balaban J connectivity index is 1.63. The Morgan fingerprint density at radius 2 is 1.51 bits per heavy atom. The minimum atomic E-state index is -0.913. The third kappa shape index (κ3) is 5.02. The van der Waals surface area contributed by atoms with Gasteiger partial charge in [-0.2, -0.15) is 0 Å². The zero-order chi connectivity index (χ0) is 27.5. The highest BCUT2D eigenvalue weighted by Gasteiger charge is 2.47. The van der Waals surface area contributed by atoms with E-state index in [2.05, 4.69) is 4.90 Å². The fraction of sp³-hybridized carbons (Fsp3) is 0.290. The molecule has 2 N–H and O–H groups in total. The van der Waals surface area contributed by atoms with E-state index in [0.717, 1.165) is 31.6 Å². The summed E-state index contributed by atoms with van der Waals surface area (Å²) < 4.78 is 11.4. The van der Waals surface area contributed by atoms with E-state index in [1.807, 2.05) is 38.1 Å². The van der Waals surface area contributed by atoms with Crippen LogP contribution in [0.2, 0.25) is 0 Å². The Morgan fingerprint density at radius 3 is 2.15 bits per heavy atom. The van der Waals surface area contributed by atoms with Crippen molar-refractivity contribution in [2.24, 2.45) is 0 Å². The van der Waals surface area contributed by atoms with Crippen molar-refractivity contribution in [3.63, 3.8) is 0 Å². The molecule has 2 saturated heterocycles. The van der Waals surface area contributed by atoms with E-state index in [4.69, 9.17) is 9.47 Å². The molecular weight excluding hydrogens is 496 g/mol. The first kappa shape index (κ1) is 26.2. The normalized spacial score (nSPS) is 18.6. The van der Waals surface area contributed by atoms with E-state index in [1.165, 1.54) is 17.0 Å². The molecular formula is C31H32N2O6. The predicted molar refractivity (Wildman–Crippen MR) is 150 cm³/mol. The van der Waals surface area contributed by atoms with Crippen molar-refractivity contribution in [2.45, 2.75) is 32.7 Å². The number of benzene rings is 3. The number of phenols is 1. The Bertz CT molecular complexity index is 1390. The number of nitrogens with zero attached hydrogens (tertiary/aromatic N) is 2. The number of Topliss-reactive ketones (excluding diaryl/α,β-unsaturated/α-hetero) is 1. The number of anilines is 2. The van der Waals surface area contributed by atoms with Crippen LogP contribution in [-0.2, 0) is 9.59 Å². The Hall–Kier alpha value is -4.46. The number of rotatable bonds is 8. The van der Waals surface area contributed by atoms with Crippen molar-refractivity contribution in [1.29, 1.82) is 0 Å². The van der Waals surface area contributed by atoms with Crippen LogP contribution in [0.3, 0.4) is 0 Å². The number of ketones is 1. The van der Waals surface area contributed by atoms with Crippen LogP contribution < -0.4 is 19.3 Å². The van der Waals surface area contributed by atoms with Crippen molar-refractivity contribution < 1.29 is 29.3 Å². The molecule has 0 aromatic heterocycles. The monoisotopic (exact) mass is 528 g/mol. The lowest BCUT2D eigenvalue weighted by Gasteiger charge is -2.26. The van der Waals surface area contributed by atoms with E-state index >= 15 is 0 Å². The molecule has 2 aliphatic heterocycles. The number of carbonyl (C=O) groups excluding carboxylic acids is 2. The predicted octanol–water partition coefficient (Wildman–Crippen LogP) is 5.42. The maximum atomic E-state index is 13.5. The van der Waals surface area contributed by atoms with Gasteiger partial charge in [0.15, 0.2) is 0 Å². The van der Waals surface area contributed by atoms with Gasteiger partial charge in [-0.1, -0.05) is 12.1 Å². The molecule has 2 heterocycles. The summed E-state index contributed by atoms with van der Waals surface area (Å²) in [5, 5.41) is 21.5. The minimum absolute atomic E-state index is 0.0517. The van der Waals surface area contributed by atoms with Gasteiger partial charge >= 0.3 is 0 Å². The summed E-state index contributed by atoms with van der Waals surface area (Å²) in [7, 11) is 0. The third-order valence-electron chi connectivity index (χ3n) is 7.07. The van der Waals surface area contributed by atoms with Gasteiger partial charge in [-0.05, 0) is 80.8 Å². The Labute approximate surface area is 227 Å². The van der Waals surface area contributed by atoms with Crippen LogP contribution in [0.1, 0.15) is 43.9 Å². The standard InChI is InChI=1S/C31H32N2O6/c1-3-38-24-15-16-25(26(19-24)39-4-2)29(35)27-28(20-7-13-23(34)14-8-20)33(31(37)30(27)36)22-11-9-21(10-12-22)32-17-5-6-18-32/h7-16,19,28,34-35H,3-6,17-18H2,1-2H3/b29-27-. The first-order valence-electron chi connectivity index (χ1n) is 13.3. The number of aliphatic hydroxyl groups is 1. The number of carbonyl (C=O) groups is 2.